The van der Waals surface area contributed by atoms with E-state index in [2.05, 4.69) is 12.1 Å². The number of hydrogen-bond acceptors (Lipinski definition) is 3. The number of rotatable bonds is 4. The molecule has 130 valence electrons. The first-order chi connectivity index (χ1) is 12.8. The minimum Gasteiger partial charge on any atom is -0.465 e. The molecule has 4 heteroatoms. The maximum atomic E-state index is 12.9. The molecule has 1 aliphatic heterocycles. The van der Waals surface area contributed by atoms with E-state index in [1.54, 1.807) is 12.5 Å². The summed E-state index contributed by atoms with van der Waals surface area (Å²) in [6, 6.07) is 17.7. The first-order valence-electron chi connectivity index (χ1n) is 8.68. The Morgan fingerprint density at radius 1 is 0.808 bits per heavy atom. The molecule has 4 rings (SSSR count). The number of Topliss-reactive ketones (excluding diaryl/α,β-unsaturated/α-hetero) is 1. The number of nitrogens with one attached hydrogen (secondary N) is 1. The fourth-order valence-electron chi connectivity index (χ4n) is 3.30. The summed E-state index contributed by atoms with van der Waals surface area (Å²) in [5.41, 5.74) is 2.77. The summed E-state index contributed by atoms with van der Waals surface area (Å²) in [5, 5.41) is 0. The van der Waals surface area contributed by atoms with Gasteiger partial charge in [-0.15, -0.1) is 0 Å². The van der Waals surface area contributed by atoms with Gasteiger partial charge in [-0.05, 0) is 36.4 Å². The average molecular weight is 346 g/mol. The molecule has 1 aromatic carbocycles. The lowest BCUT2D eigenvalue weighted by atomic mass is 9.95. The van der Waals surface area contributed by atoms with Gasteiger partial charge in [0.15, 0.2) is 5.78 Å². The van der Waals surface area contributed by atoms with Crippen LogP contribution in [0.5, 0.6) is 0 Å². The SMILES string of the molecule is O=C1C(=Cc2ccco2)C[NH+](Cc2ccccc2)CC1=Cc1ccco1. The summed E-state index contributed by atoms with van der Waals surface area (Å²) in [4.78, 5) is 14.3. The van der Waals surface area contributed by atoms with Gasteiger partial charge in [-0.2, -0.15) is 0 Å². The van der Waals surface area contributed by atoms with Crippen LogP contribution in [0.1, 0.15) is 17.1 Å². The van der Waals surface area contributed by atoms with E-state index in [0.29, 0.717) is 24.6 Å². The van der Waals surface area contributed by atoms with Crippen molar-refractivity contribution in [2.45, 2.75) is 6.54 Å². The fraction of sp³-hybridized carbons (Fsp3) is 0.136. The molecule has 0 spiro atoms. The molecule has 3 heterocycles. The Kier molecular flexibility index (Phi) is 4.67. The summed E-state index contributed by atoms with van der Waals surface area (Å²) in [6.45, 7) is 2.20. The van der Waals surface area contributed by atoms with Gasteiger partial charge < -0.3 is 13.7 Å². The molecule has 1 fully saturated rings. The Morgan fingerprint density at radius 3 is 1.88 bits per heavy atom. The Hall–Kier alpha value is -3.11. The second-order valence-corrected chi connectivity index (χ2v) is 6.47. The Bertz CT molecular complexity index is 863. The quantitative estimate of drug-likeness (QED) is 0.739. The van der Waals surface area contributed by atoms with Crippen LogP contribution in [0.25, 0.3) is 12.2 Å². The molecule has 0 saturated carbocycles. The van der Waals surface area contributed by atoms with Gasteiger partial charge in [0, 0.05) is 5.56 Å². The number of benzene rings is 1. The van der Waals surface area contributed by atoms with E-state index in [0.717, 1.165) is 17.7 Å². The highest BCUT2D eigenvalue weighted by atomic mass is 16.3. The highest BCUT2D eigenvalue weighted by molar-refractivity contribution is 6.13. The molecule has 1 saturated heterocycles. The molecular weight excluding hydrogens is 326 g/mol. The number of furan rings is 2. The van der Waals surface area contributed by atoms with E-state index in [1.807, 2.05) is 54.6 Å². The number of piperidine rings is 1. The van der Waals surface area contributed by atoms with Crippen molar-refractivity contribution in [2.24, 2.45) is 0 Å². The van der Waals surface area contributed by atoms with Gasteiger partial charge >= 0.3 is 0 Å². The van der Waals surface area contributed by atoms with E-state index in [-0.39, 0.29) is 5.78 Å². The zero-order valence-corrected chi connectivity index (χ0v) is 14.4. The number of likely N-dealkylation sites (tertiary alicyclic amines) is 1. The third-order valence-corrected chi connectivity index (χ3v) is 4.48. The van der Waals surface area contributed by atoms with Crippen LogP contribution in [0.2, 0.25) is 0 Å². The second kappa shape index (κ2) is 7.42. The van der Waals surface area contributed by atoms with E-state index >= 15 is 0 Å². The maximum absolute atomic E-state index is 12.9. The summed E-state index contributed by atoms with van der Waals surface area (Å²) in [6.07, 6.45) is 6.94. The van der Waals surface area contributed by atoms with Crippen molar-refractivity contribution in [2.75, 3.05) is 13.1 Å². The minimum atomic E-state index is 0.0645. The zero-order chi connectivity index (χ0) is 17.8. The van der Waals surface area contributed by atoms with Crippen LogP contribution in [0.3, 0.4) is 0 Å². The number of carbonyl (C=O) groups is 1. The summed E-state index contributed by atoms with van der Waals surface area (Å²) >= 11 is 0. The Labute approximate surface area is 152 Å². The third kappa shape index (κ3) is 3.76. The number of hydrogen-bond donors (Lipinski definition) is 1. The smallest absolute Gasteiger partial charge is 0.196 e. The average Bonchev–Trinajstić information content (AvgIpc) is 3.34. The number of carbonyl (C=O) groups excluding carboxylic acids is 1. The van der Waals surface area contributed by atoms with E-state index in [4.69, 9.17) is 8.83 Å². The van der Waals surface area contributed by atoms with Crippen LogP contribution >= 0.6 is 0 Å². The van der Waals surface area contributed by atoms with E-state index in [9.17, 15) is 4.79 Å². The highest BCUT2D eigenvalue weighted by Gasteiger charge is 2.29. The first-order valence-corrected chi connectivity index (χ1v) is 8.68. The number of ketones is 1. The van der Waals surface area contributed by atoms with Gasteiger partial charge in [-0.1, -0.05) is 30.3 Å². The Morgan fingerprint density at radius 2 is 1.38 bits per heavy atom. The van der Waals surface area contributed by atoms with Crippen molar-refractivity contribution in [1.29, 1.82) is 0 Å². The predicted octanol–water partition coefficient (Wildman–Crippen LogP) is 3.01. The molecule has 0 unspecified atom stereocenters. The van der Waals surface area contributed by atoms with Crippen molar-refractivity contribution in [3.05, 3.63) is 95.4 Å². The predicted molar refractivity (Wildman–Crippen MR) is 99.2 cm³/mol. The summed E-state index contributed by atoms with van der Waals surface area (Å²) < 4.78 is 10.8. The molecule has 3 aromatic rings. The molecule has 0 aliphatic carbocycles. The van der Waals surface area contributed by atoms with Gasteiger partial charge in [-0.25, -0.2) is 0 Å². The lowest BCUT2D eigenvalue weighted by Crippen LogP contribution is -3.12. The molecule has 26 heavy (non-hydrogen) atoms. The van der Waals surface area contributed by atoms with Gasteiger partial charge in [0.1, 0.15) is 31.2 Å². The normalized spacial score (nSPS) is 20.8. The molecule has 1 aliphatic rings. The van der Waals surface area contributed by atoms with Crippen molar-refractivity contribution >= 4 is 17.9 Å². The van der Waals surface area contributed by atoms with Crippen molar-refractivity contribution in [1.82, 2.24) is 0 Å². The van der Waals surface area contributed by atoms with Crippen LogP contribution in [-0.2, 0) is 11.3 Å². The van der Waals surface area contributed by atoms with E-state index < -0.39 is 0 Å². The zero-order valence-electron chi connectivity index (χ0n) is 14.4. The van der Waals surface area contributed by atoms with Gasteiger partial charge in [0.05, 0.1) is 23.7 Å². The maximum Gasteiger partial charge on any atom is 0.196 e. The second-order valence-electron chi connectivity index (χ2n) is 6.47. The van der Waals surface area contributed by atoms with E-state index in [1.165, 1.54) is 10.5 Å². The molecule has 0 atom stereocenters. The van der Waals surface area contributed by atoms with Crippen LogP contribution in [-0.4, -0.2) is 18.9 Å². The van der Waals surface area contributed by atoms with Gasteiger partial charge in [0.2, 0.25) is 0 Å². The third-order valence-electron chi connectivity index (χ3n) is 4.48. The lowest BCUT2D eigenvalue weighted by molar-refractivity contribution is -0.904. The number of quaternary nitrogens is 1. The van der Waals surface area contributed by atoms with Crippen molar-refractivity contribution in [3.63, 3.8) is 0 Å². The largest absolute Gasteiger partial charge is 0.465 e. The molecule has 0 bridgehead atoms. The summed E-state index contributed by atoms with van der Waals surface area (Å²) in [7, 11) is 0. The molecular formula is C22H20NO3+. The summed E-state index contributed by atoms with van der Waals surface area (Å²) in [5.74, 6) is 1.47. The Balaban J connectivity index is 1.64. The van der Waals surface area contributed by atoms with Crippen molar-refractivity contribution in [3.8, 4) is 0 Å². The first kappa shape index (κ1) is 16.4. The standard InChI is InChI=1S/C22H19NO3/c24-22-18(12-20-8-4-10-25-20)15-23(14-17-6-2-1-3-7-17)16-19(22)13-21-9-5-11-26-21/h1-13H,14-16H2/p+1. The molecule has 0 radical (unpaired) electrons. The highest BCUT2D eigenvalue weighted by Crippen LogP contribution is 2.17. The topological polar surface area (TPSA) is 47.8 Å². The monoisotopic (exact) mass is 346 g/mol. The molecule has 0 amide bonds. The lowest BCUT2D eigenvalue weighted by Gasteiger charge is -2.26. The van der Waals surface area contributed by atoms with Crippen LogP contribution < -0.4 is 4.90 Å². The van der Waals surface area contributed by atoms with Crippen LogP contribution in [0.15, 0.2) is 87.1 Å². The van der Waals surface area contributed by atoms with Crippen LogP contribution in [0.4, 0.5) is 0 Å². The minimum absolute atomic E-state index is 0.0645. The molecule has 4 nitrogen and oxygen atoms in total. The molecule has 1 N–H and O–H groups in total. The van der Waals surface area contributed by atoms with Gasteiger partial charge in [0.25, 0.3) is 0 Å². The van der Waals surface area contributed by atoms with Gasteiger partial charge in [-0.3, -0.25) is 4.79 Å². The fourth-order valence-corrected chi connectivity index (χ4v) is 3.30. The van der Waals surface area contributed by atoms with Crippen LogP contribution in [0, 0.1) is 0 Å². The molecule has 2 aromatic heterocycles. The van der Waals surface area contributed by atoms with Crippen molar-refractivity contribution < 1.29 is 18.5 Å².